The lowest BCUT2D eigenvalue weighted by Crippen LogP contribution is -2.36. The van der Waals surface area contributed by atoms with E-state index in [1.807, 2.05) is 0 Å². The summed E-state index contributed by atoms with van der Waals surface area (Å²) in [6, 6.07) is 1.24. The van der Waals surface area contributed by atoms with E-state index in [-0.39, 0.29) is 0 Å². The Morgan fingerprint density at radius 1 is 1.05 bits per heavy atom. The second kappa shape index (κ2) is 5.01. The number of rotatable bonds is 5. The molecule has 3 fully saturated rings. The molecule has 5 heteroatoms. The summed E-state index contributed by atoms with van der Waals surface area (Å²) >= 11 is 0. The van der Waals surface area contributed by atoms with E-state index in [1.54, 1.807) is 4.31 Å². The van der Waals surface area contributed by atoms with Gasteiger partial charge in [-0.3, -0.25) is 4.90 Å². The maximum Gasteiger partial charge on any atom is 0.214 e. The third-order valence-electron chi connectivity index (χ3n) is 5.29. The molecule has 0 spiro atoms. The van der Waals surface area contributed by atoms with E-state index >= 15 is 0 Å². The minimum atomic E-state index is -2.98. The fourth-order valence-corrected chi connectivity index (χ4v) is 5.42. The van der Waals surface area contributed by atoms with E-state index in [0.29, 0.717) is 29.7 Å². The van der Waals surface area contributed by atoms with Crippen molar-refractivity contribution in [3.8, 4) is 0 Å². The number of nitrogens with zero attached hydrogens (tertiary/aromatic N) is 2. The SMILES string of the molecule is CC1CCC(C)N1CCCS(=O)(=O)N1C[C@H]2C[C@H]2C1. The molecule has 4 nitrogen and oxygen atoms in total. The molecule has 0 aromatic carbocycles. The van der Waals surface area contributed by atoms with E-state index in [1.165, 1.54) is 19.3 Å². The maximum atomic E-state index is 12.2. The zero-order valence-corrected chi connectivity index (χ0v) is 12.9. The van der Waals surface area contributed by atoms with Crippen LogP contribution in [-0.4, -0.2) is 55.1 Å². The van der Waals surface area contributed by atoms with E-state index in [4.69, 9.17) is 0 Å². The second-order valence-electron chi connectivity index (χ2n) is 6.76. The van der Waals surface area contributed by atoms with Crippen molar-refractivity contribution in [1.82, 2.24) is 9.21 Å². The average Bonchev–Trinajstić information content (AvgIpc) is 2.84. The molecule has 2 aliphatic heterocycles. The van der Waals surface area contributed by atoms with Crippen LogP contribution < -0.4 is 0 Å². The maximum absolute atomic E-state index is 12.2. The Kier molecular flexibility index (Phi) is 3.65. The van der Waals surface area contributed by atoms with Gasteiger partial charge in [0.15, 0.2) is 0 Å². The first kappa shape index (κ1) is 13.8. The monoisotopic (exact) mass is 286 g/mol. The van der Waals surface area contributed by atoms with Gasteiger partial charge in [-0.25, -0.2) is 12.7 Å². The third-order valence-corrected chi connectivity index (χ3v) is 7.18. The molecule has 110 valence electrons. The van der Waals surface area contributed by atoms with Gasteiger partial charge in [0.05, 0.1) is 5.75 Å². The molecule has 1 saturated carbocycles. The van der Waals surface area contributed by atoms with Crippen molar-refractivity contribution in [3.63, 3.8) is 0 Å². The molecule has 0 radical (unpaired) electrons. The lowest BCUT2D eigenvalue weighted by molar-refractivity contribution is 0.214. The van der Waals surface area contributed by atoms with Crippen LogP contribution in [0, 0.1) is 11.8 Å². The summed E-state index contributed by atoms with van der Waals surface area (Å²) in [7, 11) is -2.98. The molecule has 3 aliphatic rings. The molecule has 2 heterocycles. The van der Waals surface area contributed by atoms with Gasteiger partial charge in [-0.15, -0.1) is 0 Å². The fraction of sp³-hybridized carbons (Fsp3) is 1.00. The number of fused-ring (bicyclic) bond motifs is 1. The number of hydrogen-bond donors (Lipinski definition) is 0. The van der Waals surface area contributed by atoms with E-state index in [0.717, 1.165) is 26.1 Å². The van der Waals surface area contributed by atoms with Crippen LogP contribution in [0.15, 0.2) is 0 Å². The smallest absolute Gasteiger partial charge is 0.214 e. The number of hydrogen-bond acceptors (Lipinski definition) is 3. The van der Waals surface area contributed by atoms with E-state index in [9.17, 15) is 8.42 Å². The zero-order chi connectivity index (χ0) is 13.6. The lowest BCUT2D eigenvalue weighted by atomic mass is 10.2. The summed E-state index contributed by atoms with van der Waals surface area (Å²) < 4.78 is 26.2. The first-order valence-corrected chi connectivity index (χ1v) is 9.32. The van der Waals surface area contributed by atoms with Crippen molar-refractivity contribution in [2.75, 3.05) is 25.4 Å². The molecule has 0 aromatic heterocycles. The Morgan fingerprint density at radius 2 is 1.63 bits per heavy atom. The first-order chi connectivity index (χ1) is 8.97. The summed E-state index contributed by atoms with van der Waals surface area (Å²) in [5.74, 6) is 1.71. The minimum absolute atomic E-state index is 0.336. The molecule has 0 aromatic rings. The van der Waals surface area contributed by atoms with Crippen molar-refractivity contribution in [2.45, 2.75) is 51.6 Å². The third kappa shape index (κ3) is 2.83. The van der Waals surface area contributed by atoms with Crippen molar-refractivity contribution < 1.29 is 8.42 Å². The number of piperidine rings is 1. The average molecular weight is 286 g/mol. The van der Waals surface area contributed by atoms with Gasteiger partial charge in [0.2, 0.25) is 10.0 Å². The van der Waals surface area contributed by atoms with Crippen LogP contribution in [0.4, 0.5) is 0 Å². The zero-order valence-electron chi connectivity index (χ0n) is 12.1. The molecule has 0 amide bonds. The Labute approximate surface area is 117 Å². The van der Waals surface area contributed by atoms with Crippen LogP contribution in [0.1, 0.15) is 39.5 Å². The highest BCUT2D eigenvalue weighted by Gasteiger charge is 2.48. The van der Waals surface area contributed by atoms with Crippen molar-refractivity contribution in [1.29, 1.82) is 0 Å². The first-order valence-electron chi connectivity index (χ1n) is 7.71. The van der Waals surface area contributed by atoms with Gasteiger partial charge in [-0.05, 0) is 57.9 Å². The van der Waals surface area contributed by atoms with Crippen molar-refractivity contribution in [3.05, 3.63) is 0 Å². The van der Waals surface area contributed by atoms with Crippen molar-refractivity contribution >= 4 is 10.0 Å². The lowest BCUT2D eigenvalue weighted by Gasteiger charge is -2.26. The Hall–Kier alpha value is -0.130. The Bertz CT molecular complexity index is 417. The van der Waals surface area contributed by atoms with Crippen LogP contribution >= 0.6 is 0 Å². The van der Waals surface area contributed by atoms with Crippen LogP contribution in [-0.2, 0) is 10.0 Å². The molecular formula is C14H26N2O2S. The molecule has 2 saturated heterocycles. The van der Waals surface area contributed by atoms with Crippen molar-refractivity contribution in [2.24, 2.45) is 11.8 Å². The Morgan fingerprint density at radius 3 is 2.21 bits per heavy atom. The standard InChI is InChI=1S/C14H26N2O2S/c1-11-4-5-12(2)16(11)6-3-7-19(17,18)15-9-13-8-14(13)10-15/h11-14H,3-10H2,1-2H3/t11?,12?,13-,14+. The summed E-state index contributed by atoms with van der Waals surface area (Å²) in [5.41, 5.74) is 0. The molecule has 3 rings (SSSR count). The van der Waals surface area contributed by atoms with Gasteiger partial charge in [-0.2, -0.15) is 0 Å². The second-order valence-corrected chi connectivity index (χ2v) is 8.84. The molecule has 0 N–H and O–H groups in total. The van der Waals surface area contributed by atoms with Gasteiger partial charge in [0, 0.05) is 25.2 Å². The normalized spacial score (nSPS) is 39.7. The Balaban J connectivity index is 1.46. The molecule has 1 aliphatic carbocycles. The quantitative estimate of drug-likeness (QED) is 0.769. The highest BCUT2D eigenvalue weighted by molar-refractivity contribution is 7.89. The van der Waals surface area contributed by atoms with Gasteiger partial charge in [-0.1, -0.05) is 0 Å². The van der Waals surface area contributed by atoms with Crippen LogP contribution in [0.3, 0.4) is 0 Å². The summed E-state index contributed by atoms with van der Waals surface area (Å²) in [5, 5.41) is 0. The largest absolute Gasteiger partial charge is 0.298 e. The minimum Gasteiger partial charge on any atom is -0.298 e. The van der Waals surface area contributed by atoms with Gasteiger partial charge in [0.1, 0.15) is 0 Å². The number of likely N-dealkylation sites (tertiary alicyclic amines) is 1. The highest BCUT2D eigenvalue weighted by Crippen LogP contribution is 2.45. The predicted molar refractivity (Wildman–Crippen MR) is 76.4 cm³/mol. The molecule has 0 bridgehead atoms. The summed E-state index contributed by atoms with van der Waals surface area (Å²) in [6.07, 6.45) is 4.55. The fourth-order valence-electron chi connectivity index (χ4n) is 3.83. The summed E-state index contributed by atoms with van der Waals surface area (Å²) in [4.78, 5) is 2.47. The van der Waals surface area contributed by atoms with E-state index in [2.05, 4.69) is 18.7 Å². The van der Waals surface area contributed by atoms with Crippen LogP contribution in [0.5, 0.6) is 0 Å². The topological polar surface area (TPSA) is 40.6 Å². The van der Waals surface area contributed by atoms with Gasteiger partial charge in [0.25, 0.3) is 0 Å². The van der Waals surface area contributed by atoms with Gasteiger partial charge < -0.3 is 0 Å². The molecule has 19 heavy (non-hydrogen) atoms. The van der Waals surface area contributed by atoms with E-state index < -0.39 is 10.0 Å². The number of sulfonamides is 1. The summed E-state index contributed by atoms with van der Waals surface area (Å²) in [6.45, 7) is 7.04. The molecule has 2 unspecified atom stereocenters. The van der Waals surface area contributed by atoms with Crippen LogP contribution in [0.2, 0.25) is 0 Å². The predicted octanol–water partition coefficient (Wildman–Crippen LogP) is 1.53. The van der Waals surface area contributed by atoms with Crippen LogP contribution in [0.25, 0.3) is 0 Å². The van der Waals surface area contributed by atoms with Gasteiger partial charge >= 0.3 is 0 Å². The molecule has 4 atom stereocenters. The molecular weight excluding hydrogens is 260 g/mol. The highest BCUT2D eigenvalue weighted by atomic mass is 32.2.